The van der Waals surface area contributed by atoms with Crippen molar-refractivity contribution in [1.82, 2.24) is 0 Å². The molecule has 26 heavy (non-hydrogen) atoms. The Morgan fingerprint density at radius 3 is 2.42 bits per heavy atom. The number of hydrogen-bond acceptors (Lipinski definition) is 6. The molecule has 0 aromatic heterocycles. The lowest BCUT2D eigenvalue weighted by molar-refractivity contribution is -0.384. The van der Waals surface area contributed by atoms with E-state index in [1.165, 1.54) is 25.3 Å². The molecule has 0 aliphatic heterocycles. The van der Waals surface area contributed by atoms with Gasteiger partial charge in [-0.15, -0.1) is 0 Å². The van der Waals surface area contributed by atoms with E-state index >= 15 is 0 Å². The van der Waals surface area contributed by atoms with E-state index in [0.29, 0.717) is 5.56 Å². The van der Waals surface area contributed by atoms with E-state index in [-0.39, 0.29) is 17.1 Å². The lowest BCUT2D eigenvalue weighted by Crippen LogP contribution is -2.21. The quantitative estimate of drug-likeness (QED) is 0.463. The minimum absolute atomic E-state index is 0.0100. The van der Waals surface area contributed by atoms with Crippen molar-refractivity contribution in [2.45, 2.75) is 13.3 Å². The van der Waals surface area contributed by atoms with Gasteiger partial charge in [-0.25, -0.2) is 4.79 Å². The largest absolute Gasteiger partial charge is 0.496 e. The number of benzene rings is 2. The molecule has 0 unspecified atom stereocenters. The Morgan fingerprint density at radius 2 is 1.85 bits per heavy atom. The summed E-state index contributed by atoms with van der Waals surface area (Å²) in [5.41, 5.74) is 1.07. The summed E-state index contributed by atoms with van der Waals surface area (Å²) in [4.78, 5) is 34.3. The third-order valence-corrected chi connectivity index (χ3v) is 3.61. The van der Waals surface area contributed by atoms with Gasteiger partial charge < -0.3 is 14.8 Å². The first-order chi connectivity index (χ1) is 12.4. The number of nitrogens with one attached hydrogen (secondary N) is 1. The molecular weight excluding hydrogens is 340 g/mol. The third-order valence-electron chi connectivity index (χ3n) is 3.61. The highest BCUT2D eigenvalue weighted by atomic mass is 16.6. The fourth-order valence-electron chi connectivity index (χ4n) is 2.17. The van der Waals surface area contributed by atoms with E-state index in [1.54, 1.807) is 24.3 Å². The molecule has 0 aliphatic rings. The zero-order valence-corrected chi connectivity index (χ0v) is 14.4. The van der Waals surface area contributed by atoms with Crippen LogP contribution in [0.5, 0.6) is 5.75 Å². The Hall–Kier alpha value is -3.42. The van der Waals surface area contributed by atoms with Gasteiger partial charge in [-0.1, -0.05) is 19.1 Å². The maximum absolute atomic E-state index is 11.9. The van der Waals surface area contributed by atoms with Gasteiger partial charge in [-0.05, 0) is 36.2 Å². The first-order valence-electron chi connectivity index (χ1n) is 7.83. The second kappa shape index (κ2) is 8.61. The Kier molecular flexibility index (Phi) is 6.26. The Bertz CT molecular complexity index is 817. The predicted octanol–water partition coefficient (Wildman–Crippen LogP) is 2.96. The molecule has 0 saturated carbocycles. The molecule has 0 radical (unpaired) electrons. The van der Waals surface area contributed by atoms with Gasteiger partial charge in [0.05, 0.1) is 23.7 Å². The van der Waals surface area contributed by atoms with Gasteiger partial charge in [-0.2, -0.15) is 0 Å². The van der Waals surface area contributed by atoms with Crippen LogP contribution in [0.2, 0.25) is 0 Å². The van der Waals surface area contributed by atoms with Crippen molar-refractivity contribution >= 4 is 23.3 Å². The number of methoxy groups -OCH3 is 1. The zero-order chi connectivity index (χ0) is 19.1. The number of carbonyl (C=O) groups excluding carboxylic acids is 2. The third kappa shape index (κ3) is 4.79. The molecule has 0 heterocycles. The van der Waals surface area contributed by atoms with Gasteiger partial charge in [0.15, 0.2) is 6.61 Å². The van der Waals surface area contributed by atoms with Crippen LogP contribution in [0.1, 0.15) is 22.8 Å². The minimum Gasteiger partial charge on any atom is -0.496 e. The molecule has 136 valence electrons. The average Bonchev–Trinajstić information content (AvgIpc) is 2.66. The molecule has 8 nitrogen and oxygen atoms in total. The van der Waals surface area contributed by atoms with Crippen LogP contribution < -0.4 is 10.1 Å². The highest BCUT2D eigenvalue weighted by Crippen LogP contribution is 2.28. The number of aryl methyl sites for hydroxylation is 1. The van der Waals surface area contributed by atoms with Crippen LogP contribution in [-0.2, 0) is 16.0 Å². The van der Waals surface area contributed by atoms with Crippen LogP contribution in [0.25, 0.3) is 0 Å². The molecule has 1 N–H and O–H groups in total. The van der Waals surface area contributed by atoms with Crippen molar-refractivity contribution in [3.63, 3.8) is 0 Å². The lowest BCUT2D eigenvalue weighted by Gasteiger charge is -2.08. The van der Waals surface area contributed by atoms with E-state index in [1.807, 2.05) is 6.92 Å². The fraction of sp³-hybridized carbons (Fsp3) is 0.222. The zero-order valence-electron chi connectivity index (χ0n) is 14.4. The molecule has 2 aromatic rings. The molecule has 8 heteroatoms. The standard InChI is InChI=1S/C18H18N2O6/c1-3-12-4-6-13(7-5-12)18(22)26-11-17(21)19-15-9-8-14(25-2)10-16(15)20(23)24/h4-10H,3,11H2,1-2H3,(H,19,21). The number of nitro groups is 1. The van der Waals surface area contributed by atoms with Crippen LogP contribution in [0.15, 0.2) is 42.5 Å². The molecule has 0 spiro atoms. The number of amides is 1. The maximum atomic E-state index is 11.9. The normalized spacial score (nSPS) is 10.1. The van der Waals surface area contributed by atoms with Gasteiger partial charge in [-0.3, -0.25) is 14.9 Å². The van der Waals surface area contributed by atoms with Crippen molar-refractivity contribution in [2.75, 3.05) is 19.0 Å². The molecule has 0 atom stereocenters. The van der Waals surface area contributed by atoms with Crippen molar-refractivity contribution in [2.24, 2.45) is 0 Å². The lowest BCUT2D eigenvalue weighted by atomic mass is 10.1. The van der Waals surface area contributed by atoms with Crippen molar-refractivity contribution in [1.29, 1.82) is 0 Å². The smallest absolute Gasteiger partial charge is 0.338 e. The molecule has 2 rings (SSSR count). The van der Waals surface area contributed by atoms with E-state index in [2.05, 4.69) is 5.32 Å². The SMILES string of the molecule is CCc1ccc(C(=O)OCC(=O)Nc2ccc(OC)cc2[N+](=O)[O-])cc1. The van der Waals surface area contributed by atoms with E-state index < -0.39 is 23.4 Å². The maximum Gasteiger partial charge on any atom is 0.338 e. The van der Waals surface area contributed by atoms with Crippen molar-refractivity contribution in [3.05, 3.63) is 63.7 Å². The molecule has 0 bridgehead atoms. The Morgan fingerprint density at radius 1 is 1.15 bits per heavy atom. The van der Waals surface area contributed by atoms with Gasteiger partial charge in [0.25, 0.3) is 11.6 Å². The summed E-state index contributed by atoms with van der Waals surface area (Å²) in [5, 5.41) is 13.4. The summed E-state index contributed by atoms with van der Waals surface area (Å²) < 4.78 is 9.86. The Labute approximate surface area is 149 Å². The number of rotatable bonds is 7. The second-order valence-electron chi connectivity index (χ2n) is 5.31. The molecule has 2 aromatic carbocycles. The van der Waals surface area contributed by atoms with Gasteiger partial charge in [0.1, 0.15) is 11.4 Å². The molecule has 0 aliphatic carbocycles. The number of carbonyl (C=O) groups is 2. The van der Waals surface area contributed by atoms with E-state index in [4.69, 9.17) is 9.47 Å². The van der Waals surface area contributed by atoms with Crippen molar-refractivity contribution < 1.29 is 24.0 Å². The number of hydrogen-bond donors (Lipinski definition) is 1. The minimum atomic E-state index is -0.684. The predicted molar refractivity (Wildman–Crippen MR) is 94.4 cm³/mol. The van der Waals surface area contributed by atoms with Crippen LogP contribution >= 0.6 is 0 Å². The van der Waals surface area contributed by atoms with Crippen LogP contribution in [-0.4, -0.2) is 30.5 Å². The number of nitro benzene ring substituents is 1. The van der Waals surface area contributed by atoms with Gasteiger partial charge in [0.2, 0.25) is 0 Å². The van der Waals surface area contributed by atoms with Gasteiger partial charge >= 0.3 is 5.97 Å². The number of esters is 1. The summed E-state index contributed by atoms with van der Waals surface area (Å²) >= 11 is 0. The summed E-state index contributed by atoms with van der Waals surface area (Å²) in [6, 6.07) is 10.9. The van der Waals surface area contributed by atoms with E-state index in [9.17, 15) is 19.7 Å². The van der Waals surface area contributed by atoms with Crippen LogP contribution in [0.3, 0.4) is 0 Å². The number of ether oxygens (including phenoxy) is 2. The summed E-state index contributed by atoms with van der Waals surface area (Å²) in [6.45, 7) is 1.44. The number of nitrogens with zero attached hydrogens (tertiary/aromatic N) is 1. The molecule has 1 amide bonds. The summed E-state index contributed by atoms with van der Waals surface area (Å²) in [6.07, 6.45) is 0.846. The monoisotopic (exact) mass is 358 g/mol. The van der Waals surface area contributed by atoms with Crippen LogP contribution in [0.4, 0.5) is 11.4 Å². The number of anilines is 1. The van der Waals surface area contributed by atoms with Gasteiger partial charge in [0, 0.05) is 0 Å². The summed E-state index contributed by atoms with van der Waals surface area (Å²) in [5.74, 6) is -1.04. The highest BCUT2D eigenvalue weighted by Gasteiger charge is 2.18. The topological polar surface area (TPSA) is 108 Å². The fourth-order valence-corrected chi connectivity index (χ4v) is 2.17. The van der Waals surface area contributed by atoms with E-state index in [0.717, 1.165) is 12.0 Å². The van der Waals surface area contributed by atoms with Crippen molar-refractivity contribution in [3.8, 4) is 5.75 Å². The first-order valence-corrected chi connectivity index (χ1v) is 7.83. The Balaban J connectivity index is 1.98. The highest BCUT2D eigenvalue weighted by molar-refractivity contribution is 5.96. The average molecular weight is 358 g/mol. The molecule has 0 saturated heterocycles. The molecular formula is C18H18N2O6. The second-order valence-corrected chi connectivity index (χ2v) is 5.31. The molecule has 0 fully saturated rings. The van der Waals surface area contributed by atoms with Crippen LogP contribution in [0, 0.1) is 10.1 Å². The summed E-state index contributed by atoms with van der Waals surface area (Å²) in [7, 11) is 1.38. The first kappa shape index (κ1) is 18.9.